The summed E-state index contributed by atoms with van der Waals surface area (Å²) in [7, 11) is 0. The first kappa shape index (κ1) is 21.8. The number of carbonyl (C=O) groups is 1. The topological polar surface area (TPSA) is 72.7 Å². The fraction of sp³-hybridized carbons (Fsp3) is 0.333. The number of rotatable bonds is 4. The maximum Gasteiger partial charge on any atom is 0.433 e. The van der Waals surface area contributed by atoms with E-state index in [0.717, 1.165) is 13.1 Å². The Kier molecular flexibility index (Phi) is 5.43. The maximum absolute atomic E-state index is 13.6. The number of carbonyl (C=O) groups excluding carboxylic acids is 1. The van der Waals surface area contributed by atoms with E-state index in [4.69, 9.17) is 0 Å². The third-order valence-corrected chi connectivity index (χ3v) is 5.15. The second-order valence-corrected chi connectivity index (χ2v) is 7.59. The SMILES string of the molecule is CC(F)(F)c1cc(-c2cc3n(n2)CCC[C@H]3NC(=O)c2ccnc(C(F)(F)F)c2)ccn1. The molecule has 6 nitrogen and oxygen atoms in total. The Morgan fingerprint density at radius 1 is 1.06 bits per heavy atom. The number of hydrogen-bond donors (Lipinski definition) is 1. The Morgan fingerprint density at radius 3 is 2.50 bits per heavy atom. The number of amides is 1. The number of fused-ring (bicyclic) bond motifs is 1. The minimum atomic E-state index is -4.66. The van der Waals surface area contributed by atoms with E-state index in [-0.39, 0.29) is 11.3 Å². The Labute approximate surface area is 179 Å². The molecule has 1 aliphatic rings. The van der Waals surface area contributed by atoms with E-state index in [1.165, 1.54) is 18.3 Å². The zero-order chi connectivity index (χ0) is 23.1. The number of aryl methyl sites for hydroxylation is 1. The van der Waals surface area contributed by atoms with Crippen LogP contribution >= 0.6 is 0 Å². The number of halogens is 5. The number of nitrogens with zero attached hydrogens (tertiary/aromatic N) is 4. The highest BCUT2D eigenvalue weighted by Crippen LogP contribution is 2.32. The largest absolute Gasteiger partial charge is 0.433 e. The number of alkyl halides is 5. The van der Waals surface area contributed by atoms with Gasteiger partial charge in [0, 0.05) is 37.0 Å². The van der Waals surface area contributed by atoms with Gasteiger partial charge in [0.25, 0.3) is 11.8 Å². The lowest BCUT2D eigenvalue weighted by Crippen LogP contribution is -2.32. The molecule has 0 saturated heterocycles. The van der Waals surface area contributed by atoms with Crippen molar-refractivity contribution in [3.63, 3.8) is 0 Å². The highest BCUT2D eigenvalue weighted by molar-refractivity contribution is 5.94. The molecule has 1 N–H and O–H groups in total. The van der Waals surface area contributed by atoms with Crippen LogP contribution in [-0.2, 0) is 18.6 Å². The van der Waals surface area contributed by atoms with Gasteiger partial charge in [0.2, 0.25) is 0 Å². The third kappa shape index (κ3) is 4.46. The van der Waals surface area contributed by atoms with Crippen LogP contribution in [0, 0.1) is 0 Å². The van der Waals surface area contributed by atoms with Gasteiger partial charge in [-0.25, -0.2) is 0 Å². The Hall–Kier alpha value is -3.37. The molecule has 0 aromatic carbocycles. The summed E-state index contributed by atoms with van der Waals surface area (Å²) in [6.45, 7) is 1.32. The van der Waals surface area contributed by atoms with Gasteiger partial charge >= 0.3 is 6.18 Å². The molecule has 4 heterocycles. The van der Waals surface area contributed by atoms with Crippen LogP contribution in [0.25, 0.3) is 11.3 Å². The second-order valence-electron chi connectivity index (χ2n) is 7.59. The molecule has 0 radical (unpaired) electrons. The average molecular weight is 451 g/mol. The molecule has 168 valence electrons. The molecule has 1 atom stereocenters. The summed E-state index contributed by atoms with van der Waals surface area (Å²) in [5.74, 6) is -3.78. The summed E-state index contributed by atoms with van der Waals surface area (Å²) in [6.07, 6.45) is -1.21. The first-order chi connectivity index (χ1) is 15.0. The van der Waals surface area contributed by atoms with Gasteiger partial charge in [0.05, 0.1) is 17.4 Å². The molecule has 1 amide bonds. The summed E-state index contributed by atoms with van der Waals surface area (Å²) in [5.41, 5.74) is -0.157. The smallest absolute Gasteiger partial charge is 0.344 e. The summed E-state index contributed by atoms with van der Waals surface area (Å²) in [5, 5.41) is 7.20. The van der Waals surface area contributed by atoms with E-state index in [9.17, 15) is 26.7 Å². The van der Waals surface area contributed by atoms with Crippen molar-refractivity contribution in [3.8, 4) is 11.3 Å². The van der Waals surface area contributed by atoms with Gasteiger partial charge in [0.15, 0.2) is 0 Å². The second kappa shape index (κ2) is 7.95. The first-order valence-electron chi connectivity index (χ1n) is 9.79. The van der Waals surface area contributed by atoms with Gasteiger partial charge in [0.1, 0.15) is 11.4 Å². The molecule has 4 rings (SSSR count). The van der Waals surface area contributed by atoms with Gasteiger partial charge in [-0.1, -0.05) is 0 Å². The number of aromatic nitrogens is 4. The van der Waals surface area contributed by atoms with Gasteiger partial charge in [-0.3, -0.25) is 19.4 Å². The lowest BCUT2D eigenvalue weighted by atomic mass is 10.0. The Bertz CT molecular complexity index is 1150. The molecule has 3 aromatic heterocycles. The van der Waals surface area contributed by atoms with E-state index in [1.54, 1.807) is 16.8 Å². The highest BCUT2D eigenvalue weighted by atomic mass is 19.4. The van der Waals surface area contributed by atoms with Crippen LogP contribution < -0.4 is 5.32 Å². The van der Waals surface area contributed by atoms with E-state index in [1.807, 2.05) is 0 Å². The molecule has 0 aliphatic carbocycles. The minimum Gasteiger partial charge on any atom is -0.344 e. The molecule has 0 bridgehead atoms. The lowest BCUT2D eigenvalue weighted by molar-refractivity contribution is -0.141. The van der Waals surface area contributed by atoms with Crippen LogP contribution in [0.2, 0.25) is 0 Å². The van der Waals surface area contributed by atoms with Crippen LogP contribution in [0.3, 0.4) is 0 Å². The lowest BCUT2D eigenvalue weighted by Gasteiger charge is -2.24. The number of nitrogens with one attached hydrogen (secondary N) is 1. The molecule has 0 spiro atoms. The summed E-state index contributed by atoms with van der Waals surface area (Å²) in [6, 6.07) is 5.92. The molecule has 11 heteroatoms. The van der Waals surface area contributed by atoms with Crippen LogP contribution in [-0.4, -0.2) is 25.7 Å². The summed E-state index contributed by atoms with van der Waals surface area (Å²) < 4.78 is 67.6. The first-order valence-corrected chi connectivity index (χ1v) is 9.79. The molecule has 32 heavy (non-hydrogen) atoms. The third-order valence-electron chi connectivity index (χ3n) is 5.15. The predicted molar refractivity (Wildman–Crippen MR) is 104 cm³/mol. The van der Waals surface area contributed by atoms with E-state index in [0.29, 0.717) is 42.4 Å². The zero-order valence-corrected chi connectivity index (χ0v) is 16.8. The number of pyridine rings is 2. The fourth-order valence-corrected chi connectivity index (χ4v) is 3.57. The van der Waals surface area contributed by atoms with Crippen molar-refractivity contribution < 1.29 is 26.7 Å². The quantitative estimate of drug-likeness (QED) is 0.582. The van der Waals surface area contributed by atoms with Gasteiger partial charge in [-0.2, -0.15) is 27.1 Å². The van der Waals surface area contributed by atoms with Crippen molar-refractivity contribution >= 4 is 5.91 Å². The molecule has 0 fully saturated rings. The van der Waals surface area contributed by atoms with E-state index >= 15 is 0 Å². The van der Waals surface area contributed by atoms with Crippen LogP contribution in [0.5, 0.6) is 0 Å². The van der Waals surface area contributed by atoms with Crippen molar-refractivity contribution in [1.29, 1.82) is 0 Å². The average Bonchev–Trinajstić information content (AvgIpc) is 3.18. The standard InChI is InChI=1S/C21H18F5N5O/c1-20(22,23)17-9-12(4-6-27-17)15-11-16-14(3-2-8-31(16)30-15)29-19(32)13-5-7-28-18(10-13)21(24,25)26/h4-7,9-11,14H,2-3,8H2,1H3,(H,29,32)/t14-/m1/s1. The van der Waals surface area contributed by atoms with E-state index in [2.05, 4.69) is 20.4 Å². The summed E-state index contributed by atoms with van der Waals surface area (Å²) in [4.78, 5) is 19.6. The summed E-state index contributed by atoms with van der Waals surface area (Å²) >= 11 is 0. The van der Waals surface area contributed by atoms with Crippen LogP contribution in [0.1, 0.15) is 53.2 Å². The molecule has 1 aliphatic heterocycles. The zero-order valence-electron chi connectivity index (χ0n) is 16.8. The maximum atomic E-state index is 13.6. The van der Waals surface area contributed by atoms with Crippen molar-refractivity contribution in [1.82, 2.24) is 25.1 Å². The van der Waals surface area contributed by atoms with Crippen LogP contribution in [0.4, 0.5) is 22.0 Å². The number of hydrogen-bond acceptors (Lipinski definition) is 4. The Balaban J connectivity index is 1.59. The van der Waals surface area contributed by atoms with Gasteiger partial charge in [-0.15, -0.1) is 0 Å². The minimum absolute atomic E-state index is 0.159. The normalized spacial score (nSPS) is 16.5. The Morgan fingerprint density at radius 2 is 1.78 bits per heavy atom. The van der Waals surface area contributed by atoms with Gasteiger partial charge in [-0.05, 0) is 43.2 Å². The van der Waals surface area contributed by atoms with Crippen molar-refractivity contribution in [2.75, 3.05) is 0 Å². The molecule has 3 aromatic rings. The predicted octanol–water partition coefficient (Wildman–Crippen LogP) is 4.74. The monoisotopic (exact) mass is 451 g/mol. The fourth-order valence-electron chi connectivity index (χ4n) is 3.57. The van der Waals surface area contributed by atoms with Gasteiger partial charge < -0.3 is 5.32 Å². The molecular formula is C21H18F5N5O. The van der Waals surface area contributed by atoms with Crippen LogP contribution in [0.15, 0.2) is 42.7 Å². The van der Waals surface area contributed by atoms with Crippen molar-refractivity contribution in [2.45, 2.75) is 44.5 Å². The molecular weight excluding hydrogens is 433 g/mol. The molecule has 0 unspecified atom stereocenters. The van der Waals surface area contributed by atoms with E-state index < -0.39 is 29.7 Å². The van der Waals surface area contributed by atoms with Crippen molar-refractivity contribution in [2.24, 2.45) is 0 Å². The molecule has 0 saturated carbocycles. The highest BCUT2D eigenvalue weighted by Gasteiger charge is 2.33. The van der Waals surface area contributed by atoms with Crippen molar-refractivity contribution in [3.05, 3.63) is 65.4 Å².